The fourth-order valence-corrected chi connectivity index (χ4v) is 2.77. The van der Waals surface area contributed by atoms with Crippen LogP contribution in [0, 0.1) is 0 Å². The topological polar surface area (TPSA) is 77.4 Å². The summed E-state index contributed by atoms with van der Waals surface area (Å²) < 4.78 is 23.1. The van der Waals surface area contributed by atoms with Gasteiger partial charge in [-0.1, -0.05) is 0 Å². The Labute approximate surface area is 113 Å². The summed E-state index contributed by atoms with van der Waals surface area (Å²) in [5.41, 5.74) is 0. The summed E-state index contributed by atoms with van der Waals surface area (Å²) in [5, 5.41) is 19.0. The summed E-state index contributed by atoms with van der Waals surface area (Å²) >= 11 is 0. The lowest BCUT2D eigenvalue weighted by molar-refractivity contribution is -0.175. The quantitative estimate of drug-likeness (QED) is 0.777. The lowest BCUT2D eigenvalue weighted by atomic mass is 10.0. The van der Waals surface area contributed by atoms with Crippen molar-refractivity contribution in [3.05, 3.63) is 0 Å². The molecule has 2 aliphatic rings. The Morgan fingerprint density at radius 1 is 0.947 bits per heavy atom. The first-order valence-electron chi connectivity index (χ1n) is 6.65. The molecule has 6 heteroatoms. The summed E-state index contributed by atoms with van der Waals surface area (Å²) in [4.78, 5) is 0. The molecule has 2 saturated heterocycles. The number of hydrogen-bond donors (Lipinski definition) is 2. The van der Waals surface area contributed by atoms with Crippen molar-refractivity contribution < 1.29 is 29.2 Å². The average molecular weight is 276 g/mol. The number of ether oxygens (including phenoxy) is 4. The summed E-state index contributed by atoms with van der Waals surface area (Å²) in [6.45, 7) is 8.73. The molecule has 0 aliphatic carbocycles. The Morgan fingerprint density at radius 2 is 1.47 bits per heavy atom. The van der Waals surface area contributed by atoms with Gasteiger partial charge in [0.2, 0.25) is 0 Å². The third kappa shape index (κ3) is 3.09. The molecule has 0 spiro atoms. The number of aliphatic hydroxyl groups excluding tert-OH is 2. The maximum absolute atomic E-state index is 9.89. The van der Waals surface area contributed by atoms with E-state index in [1.165, 1.54) is 0 Å². The molecule has 5 atom stereocenters. The summed E-state index contributed by atoms with van der Waals surface area (Å²) in [5.74, 6) is -1.50. The van der Waals surface area contributed by atoms with Crippen LogP contribution in [-0.4, -0.2) is 58.9 Å². The van der Waals surface area contributed by atoms with Crippen LogP contribution in [0.3, 0.4) is 0 Å². The van der Waals surface area contributed by atoms with E-state index in [0.717, 1.165) is 0 Å². The van der Waals surface area contributed by atoms with E-state index in [1.807, 2.05) is 20.8 Å². The molecule has 0 saturated carbocycles. The zero-order valence-corrected chi connectivity index (χ0v) is 12.1. The molecule has 0 aromatic carbocycles. The van der Waals surface area contributed by atoms with Gasteiger partial charge in [0.05, 0.1) is 12.7 Å². The van der Waals surface area contributed by atoms with E-state index < -0.39 is 29.9 Å². The maximum Gasteiger partial charge on any atom is 0.164 e. The van der Waals surface area contributed by atoms with Gasteiger partial charge in [-0.2, -0.15) is 0 Å². The molecule has 112 valence electrons. The third-order valence-electron chi connectivity index (χ3n) is 3.41. The normalized spacial score (nSPS) is 42.5. The molecule has 2 N–H and O–H groups in total. The Hall–Kier alpha value is -0.240. The summed E-state index contributed by atoms with van der Waals surface area (Å²) in [6, 6.07) is 0. The van der Waals surface area contributed by atoms with E-state index in [1.54, 1.807) is 13.8 Å². The largest absolute Gasteiger partial charge is 0.394 e. The molecule has 0 amide bonds. The van der Waals surface area contributed by atoms with Crippen LogP contribution < -0.4 is 0 Å². The summed E-state index contributed by atoms with van der Waals surface area (Å²) in [7, 11) is 0. The van der Waals surface area contributed by atoms with Crippen LogP contribution >= 0.6 is 0 Å². The fourth-order valence-electron chi connectivity index (χ4n) is 2.77. The van der Waals surface area contributed by atoms with E-state index in [9.17, 15) is 5.11 Å². The Kier molecular flexibility index (Phi) is 3.94. The van der Waals surface area contributed by atoms with Crippen molar-refractivity contribution in [2.75, 3.05) is 6.61 Å². The standard InChI is InChI=1S/C13H24O6/c1-7-9(17-12(2,3)16-7)11-10(8(15)6-14)18-13(4,5)19-11/h7-11,14-15H,6H2,1-5H3/t7-,8-,9+,10+,11+/m0/s1. The first kappa shape index (κ1) is 15.2. The van der Waals surface area contributed by atoms with Gasteiger partial charge in [0.15, 0.2) is 11.6 Å². The lowest BCUT2D eigenvalue weighted by Gasteiger charge is -2.26. The van der Waals surface area contributed by atoms with Crippen molar-refractivity contribution in [3.8, 4) is 0 Å². The molecular formula is C13H24O6. The summed E-state index contributed by atoms with van der Waals surface area (Å²) in [6.07, 6.45) is -2.64. The van der Waals surface area contributed by atoms with Gasteiger partial charge >= 0.3 is 0 Å². The Bertz CT molecular complexity index is 329. The highest BCUT2D eigenvalue weighted by Crippen LogP contribution is 2.39. The molecule has 0 aromatic heterocycles. The predicted molar refractivity (Wildman–Crippen MR) is 66.4 cm³/mol. The van der Waals surface area contributed by atoms with Gasteiger partial charge in [-0.05, 0) is 34.6 Å². The lowest BCUT2D eigenvalue weighted by Crippen LogP contribution is -2.47. The van der Waals surface area contributed by atoms with E-state index in [0.29, 0.717) is 0 Å². The van der Waals surface area contributed by atoms with Crippen molar-refractivity contribution >= 4 is 0 Å². The van der Waals surface area contributed by atoms with Crippen LogP contribution in [-0.2, 0) is 18.9 Å². The Morgan fingerprint density at radius 3 is 1.95 bits per heavy atom. The minimum absolute atomic E-state index is 0.175. The molecule has 6 nitrogen and oxygen atoms in total. The molecule has 2 aliphatic heterocycles. The van der Waals surface area contributed by atoms with E-state index in [2.05, 4.69) is 0 Å². The van der Waals surface area contributed by atoms with Crippen LogP contribution in [0.4, 0.5) is 0 Å². The maximum atomic E-state index is 9.89. The van der Waals surface area contributed by atoms with Crippen LogP contribution in [0.5, 0.6) is 0 Å². The average Bonchev–Trinajstić information content (AvgIpc) is 2.73. The van der Waals surface area contributed by atoms with Crippen molar-refractivity contribution in [2.24, 2.45) is 0 Å². The monoisotopic (exact) mass is 276 g/mol. The number of rotatable bonds is 3. The molecule has 0 unspecified atom stereocenters. The highest BCUT2D eigenvalue weighted by atomic mass is 16.8. The second kappa shape index (κ2) is 4.95. The predicted octanol–water partition coefficient (Wildman–Crippen LogP) is 0.400. The van der Waals surface area contributed by atoms with Crippen LogP contribution in [0.2, 0.25) is 0 Å². The molecule has 19 heavy (non-hydrogen) atoms. The van der Waals surface area contributed by atoms with Crippen molar-refractivity contribution in [3.63, 3.8) is 0 Å². The molecule has 2 fully saturated rings. The SMILES string of the molecule is C[C@@H]1OC(C)(C)O[C@H]1[C@H]1OC(C)(C)O[C@@H]1[C@@H](O)CO. The molecule has 2 rings (SSSR count). The van der Waals surface area contributed by atoms with Crippen LogP contribution in [0.1, 0.15) is 34.6 Å². The molecular weight excluding hydrogens is 252 g/mol. The number of aliphatic hydroxyl groups is 2. The van der Waals surface area contributed by atoms with Gasteiger partial charge in [-0.15, -0.1) is 0 Å². The fraction of sp³-hybridized carbons (Fsp3) is 1.00. The van der Waals surface area contributed by atoms with Crippen molar-refractivity contribution in [1.29, 1.82) is 0 Å². The number of hydrogen-bond acceptors (Lipinski definition) is 6. The molecule has 2 heterocycles. The zero-order chi connectivity index (χ0) is 14.4. The highest BCUT2D eigenvalue weighted by Gasteiger charge is 2.54. The van der Waals surface area contributed by atoms with Crippen molar-refractivity contribution in [2.45, 2.75) is 76.7 Å². The van der Waals surface area contributed by atoms with Gasteiger partial charge in [0.25, 0.3) is 0 Å². The van der Waals surface area contributed by atoms with E-state index in [4.69, 9.17) is 24.1 Å². The smallest absolute Gasteiger partial charge is 0.164 e. The second-order valence-corrected chi connectivity index (χ2v) is 6.12. The van der Waals surface area contributed by atoms with Gasteiger partial charge in [0, 0.05) is 0 Å². The molecule has 0 aromatic rings. The van der Waals surface area contributed by atoms with Crippen LogP contribution in [0.15, 0.2) is 0 Å². The van der Waals surface area contributed by atoms with Crippen LogP contribution in [0.25, 0.3) is 0 Å². The first-order valence-corrected chi connectivity index (χ1v) is 6.65. The minimum atomic E-state index is -1.01. The minimum Gasteiger partial charge on any atom is -0.394 e. The Balaban J connectivity index is 2.17. The van der Waals surface area contributed by atoms with Crippen molar-refractivity contribution in [1.82, 2.24) is 0 Å². The zero-order valence-electron chi connectivity index (χ0n) is 12.1. The van der Waals surface area contributed by atoms with Gasteiger partial charge in [-0.25, -0.2) is 0 Å². The van der Waals surface area contributed by atoms with Gasteiger partial charge in [0.1, 0.15) is 24.4 Å². The second-order valence-electron chi connectivity index (χ2n) is 6.12. The van der Waals surface area contributed by atoms with E-state index >= 15 is 0 Å². The first-order chi connectivity index (χ1) is 8.65. The third-order valence-corrected chi connectivity index (χ3v) is 3.41. The molecule has 0 bridgehead atoms. The van der Waals surface area contributed by atoms with E-state index in [-0.39, 0.29) is 18.8 Å². The highest BCUT2D eigenvalue weighted by molar-refractivity contribution is 4.96. The van der Waals surface area contributed by atoms with Gasteiger partial charge < -0.3 is 29.2 Å². The molecule has 0 radical (unpaired) electrons. The van der Waals surface area contributed by atoms with Gasteiger partial charge in [-0.3, -0.25) is 0 Å².